The Morgan fingerprint density at radius 2 is 1.44 bits per heavy atom. The van der Waals surface area contributed by atoms with Crippen molar-refractivity contribution in [2.75, 3.05) is 0 Å². The molecular weight excluding hydrogens is 446 g/mol. The molecule has 0 unspecified atom stereocenters. The van der Waals surface area contributed by atoms with Gasteiger partial charge in [-0.2, -0.15) is 13.2 Å². The molecule has 8 heteroatoms. The first-order valence-electron chi connectivity index (χ1n) is 10.3. The summed E-state index contributed by atoms with van der Waals surface area (Å²) in [7, 11) is 0. The average Bonchev–Trinajstić information content (AvgIpc) is 2.84. The van der Waals surface area contributed by atoms with Crippen molar-refractivity contribution < 1.29 is 22.4 Å². The minimum absolute atomic E-state index is 0.320. The lowest BCUT2D eigenvalue weighted by molar-refractivity contribution is -0.137. The largest absolute Gasteiger partial charge is 0.416 e. The number of alkyl halides is 3. The van der Waals surface area contributed by atoms with Gasteiger partial charge in [-0.1, -0.05) is 60.7 Å². The minimum atomic E-state index is -4.46. The lowest BCUT2D eigenvalue weighted by atomic mass is 9.97. The second kappa shape index (κ2) is 8.22. The Labute approximate surface area is 192 Å². The first-order valence-corrected chi connectivity index (χ1v) is 10.3. The summed E-state index contributed by atoms with van der Waals surface area (Å²) >= 11 is 0. The van der Waals surface area contributed by atoms with E-state index in [4.69, 9.17) is 0 Å². The number of allylic oxidation sites excluding steroid dienone is 2. The maximum Gasteiger partial charge on any atom is 0.416 e. The van der Waals surface area contributed by atoms with E-state index in [0.29, 0.717) is 33.9 Å². The van der Waals surface area contributed by atoms with Crippen molar-refractivity contribution in [1.82, 2.24) is 15.8 Å². The molecule has 0 radical (unpaired) electrons. The zero-order valence-electron chi connectivity index (χ0n) is 17.5. The number of nitrogens with zero attached hydrogens (tertiary/aromatic N) is 1. The predicted octanol–water partition coefficient (Wildman–Crippen LogP) is 5.55. The number of hydrogen-bond acceptors (Lipinski definition) is 3. The number of amides is 1. The normalized spacial score (nSPS) is 15.8. The van der Waals surface area contributed by atoms with Crippen molar-refractivity contribution in [3.05, 3.63) is 125 Å². The molecule has 5 rings (SSSR count). The second-order valence-corrected chi connectivity index (χ2v) is 7.71. The van der Waals surface area contributed by atoms with Crippen LogP contribution in [0.5, 0.6) is 0 Å². The fraction of sp³-hybridized carbons (Fsp3) is 0.0385. The van der Waals surface area contributed by atoms with Gasteiger partial charge in [-0.3, -0.25) is 10.2 Å². The third-order valence-corrected chi connectivity index (χ3v) is 5.52. The molecule has 2 aliphatic heterocycles. The van der Waals surface area contributed by atoms with Crippen LogP contribution in [0.3, 0.4) is 0 Å². The zero-order valence-corrected chi connectivity index (χ0v) is 17.5. The van der Waals surface area contributed by atoms with Gasteiger partial charge in [0.1, 0.15) is 11.6 Å². The molecule has 0 bridgehead atoms. The quantitative estimate of drug-likeness (QED) is 0.501. The average molecular weight is 463 g/mol. The lowest BCUT2D eigenvalue weighted by Gasteiger charge is -2.36. The maximum absolute atomic E-state index is 14.7. The van der Waals surface area contributed by atoms with E-state index in [1.54, 1.807) is 24.3 Å². The van der Waals surface area contributed by atoms with E-state index < -0.39 is 23.5 Å². The van der Waals surface area contributed by atoms with Gasteiger partial charge in [0.05, 0.1) is 17.0 Å². The molecule has 4 nitrogen and oxygen atoms in total. The molecule has 3 aromatic carbocycles. The smallest absolute Gasteiger partial charge is 0.339 e. The van der Waals surface area contributed by atoms with E-state index in [1.165, 1.54) is 29.3 Å². The van der Waals surface area contributed by atoms with Crippen LogP contribution in [0.1, 0.15) is 22.3 Å². The highest BCUT2D eigenvalue weighted by molar-refractivity contribution is 6.03. The Morgan fingerprint density at radius 3 is 2.12 bits per heavy atom. The summed E-state index contributed by atoms with van der Waals surface area (Å²) in [6.45, 7) is 0. The Hall–Kier alpha value is -4.33. The highest BCUT2D eigenvalue weighted by Gasteiger charge is 2.32. The Balaban J connectivity index is 1.57. The van der Waals surface area contributed by atoms with E-state index in [-0.39, 0.29) is 0 Å². The van der Waals surface area contributed by atoms with Crippen molar-refractivity contribution in [2.24, 2.45) is 0 Å². The number of carbonyl (C=O) groups is 1. The molecule has 0 fully saturated rings. The van der Waals surface area contributed by atoms with Crippen LogP contribution in [-0.4, -0.2) is 10.9 Å². The summed E-state index contributed by atoms with van der Waals surface area (Å²) in [5, 5.41) is 4.36. The van der Waals surface area contributed by atoms with Crippen LogP contribution < -0.4 is 10.7 Å². The van der Waals surface area contributed by atoms with Gasteiger partial charge in [0.2, 0.25) is 0 Å². The fourth-order valence-electron chi connectivity index (χ4n) is 3.84. The monoisotopic (exact) mass is 463 g/mol. The molecule has 0 aromatic heterocycles. The lowest BCUT2D eigenvalue weighted by Crippen LogP contribution is -2.49. The third kappa shape index (κ3) is 3.94. The Morgan fingerprint density at radius 1 is 0.765 bits per heavy atom. The van der Waals surface area contributed by atoms with Crippen LogP contribution in [0, 0.1) is 5.82 Å². The Bertz CT molecular complexity index is 1360. The summed E-state index contributed by atoms with van der Waals surface area (Å²) in [6.07, 6.45) is -1.52. The van der Waals surface area contributed by atoms with Crippen molar-refractivity contribution in [3.8, 4) is 0 Å². The van der Waals surface area contributed by atoms with Gasteiger partial charge in [0.25, 0.3) is 5.91 Å². The van der Waals surface area contributed by atoms with Gasteiger partial charge in [-0.05, 0) is 29.8 Å². The highest BCUT2D eigenvalue weighted by Crippen LogP contribution is 2.35. The molecule has 1 amide bonds. The van der Waals surface area contributed by atoms with Gasteiger partial charge in [-0.25, -0.2) is 9.40 Å². The number of hydrogen-bond donors (Lipinski definition) is 2. The molecule has 0 saturated carbocycles. The number of hydrazine groups is 1. The molecule has 34 heavy (non-hydrogen) atoms. The summed E-state index contributed by atoms with van der Waals surface area (Å²) in [4.78, 5) is 13.0. The second-order valence-electron chi connectivity index (χ2n) is 7.71. The van der Waals surface area contributed by atoms with E-state index in [9.17, 15) is 22.4 Å². The molecule has 2 heterocycles. The van der Waals surface area contributed by atoms with Gasteiger partial charge in [-0.15, -0.1) is 0 Å². The van der Waals surface area contributed by atoms with E-state index in [0.717, 1.165) is 17.7 Å². The minimum Gasteiger partial charge on any atom is -0.339 e. The van der Waals surface area contributed by atoms with E-state index in [2.05, 4.69) is 10.7 Å². The number of halogens is 4. The number of fused-ring (bicyclic) bond motifs is 1. The van der Waals surface area contributed by atoms with Crippen LogP contribution >= 0.6 is 0 Å². The summed E-state index contributed by atoms with van der Waals surface area (Å²) < 4.78 is 53.5. The first-order chi connectivity index (χ1) is 16.3. The van der Waals surface area contributed by atoms with E-state index >= 15 is 0 Å². The fourth-order valence-corrected chi connectivity index (χ4v) is 3.84. The maximum atomic E-state index is 14.7. The van der Waals surface area contributed by atoms with Gasteiger partial charge in [0, 0.05) is 22.8 Å². The molecule has 170 valence electrons. The van der Waals surface area contributed by atoms with Gasteiger partial charge < -0.3 is 5.32 Å². The molecule has 3 aromatic rings. The number of carbonyl (C=O) groups excluding carboxylic acids is 1. The third-order valence-electron chi connectivity index (χ3n) is 5.52. The molecule has 2 aliphatic rings. The molecule has 2 N–H and O–H groups in total. The molecule has 0 aliphatic carbocycles. The SMILES string of the molecule is O=C1C=C(c2ccc(C(F)(F)F)cc2)NC2=CC(c3ccccc3F)=C(c3ccccc3)NN12. The van der Waals surface area contributed by atoms with Crippen LogP contribution in [0.4, 0.5) is 17.6 Å². The zero-order chi connectivity index (χ0) is 23.9. The standard InChI is InChI=1S/C26H17F4N3O/c27-21-9-5-4-8-19(21)20-14-23-31-22(16-10-12-18(13-11-16)26(28,29)30)15-24(34)33(23)32-25(20)17-6-2-1-3-7-17/h1-15,31-32H. The van der Waals surface area contributed by atoms with E-state index in [1.807, 2.05) is 30.3 Å². The summed E-state index contributed by atoms with van der Waals surface area (Å²) in [5.41, 5.74) is 5.17. The molecule has 0 saturated heterocycles. The predicted molar refractivity (Wildman–Crippen MR) is 120 cm³/mol. The van der Waals surface area contributed by atoms with Crippen molar-refractivity contribution in [1.29, 1.82) is 0 Å². The molecular formula is C26H17F4N3O. The highest BCUT2D eigenvalue weighted by atomic mass is 19.4. The van der Waals surface area contributed by atoms with Crippen LogP contribution in [0.2, 0.25) is 0 Å². The van der Waals surface area contributed by atoms with Gasteiger partial charge >= 0.3 is 6.18 Å². The van der Waals surface area contributed by atoms with Crippen LogP contribution in [0.15, 0.2) is 96.8 Å². The molecule has 0 atom stereocenters. The first kappa shape index (κ1) is 21.5. The molecule has 0 spiro atoms. The topological polar surface area (TPSA) is 44.4 Å². The van der Waals surface area contributed by atoms with Gasteiger partial charge in [0.15, 0.2) is 0 Å². The van der Waals surface area contributed by atoms with Crippen molar-refractivity contribution >= 4 is 22.9 Å². The van der Waals surface area contributed by atoms with Crippen LogP contribution in [0.25, 0.3) is 17.0 Å². The van der Waals surface area contributed by atoms with Crippen LogP contribution in [-0.2, 0) is 11.0 Å². The number of benzene rings is 3. The summed E-state index contributed by atoms with van der Waals surface area (Å²) in [5.74, 6) is -0.542. The number of rotatable bonds is 3. The Kier molecular flexibility index (Phi) is 5.20. The van der Waals surface area contributed by atoms with Crippen molar-refractivity contribution in [3.63, 3.8) is 0 Å². The summed E-state index contributed by atoms with van der Waals surface area (Å²) in [6, 6.07) is 20.0. The van der Waals surface area contributed by atoms with Crippen molar-refractivity contribution in [2.45, 2.75) is 6.18 Å². The number of nitrogens with one attached hydrogen (secondary N) is 2.